The van der Waals surface area contributed by atoms with Crippen LogP contribution in [0.5, 0.6) is 0 Å². The first-order valence-corrected chi connectivity index (χ1v) is 9.29. The van der Waals surface area contributed by atoms with E-state index in [0.29, 0.717) is 17.9 Å². The van der Waals surface area contributed by atoms with E-state index in [0.717, 1.165) is 12.1 Å². The number of amides is 4. The molecule has 1 fully saturated rings. The number of nitrogens with zero attached hydrogens (tertiary/aromatic N) is 1. The molecule has 0 saturated carbocycles. The number of carbonyl (C=O) groups is 3. The van der Waals surface area contributed by atoms with Gasteiger partial charge in [0.25, 0.3) is 0 Å². The monoisotopic (exact) mass is 380 g/mol. The Morgan fingerprint density at radius 1 is 1.00 bits per heavy atom. The Morgan fingerprint density at radius 2 is 1.61 bits per heavy atom. The number of hydrogen-bond acceptors (Lipinski definition) is 3. The van der Waals surface area contributed by atoms with Gasteiger partial charge in [0.15, 0.2) is 0 Å². The van der Waals surface area contributed by atoms with Gasteiger partial charge in [-0.1, -0.05) is 19.1 Å². The van der Waals surface area contributed by atoms with Crippen molar-refractivity contribution in [1.29, 1.82) is 0 Å². The summed E-state index contributed by atoms with van der Waals surface area (Å²) in [7, 11) is 1.54. The van der Waals surface area contributed by atoms with Crippen molar-refractivity contribution >= 4 is 34.9 Å². The summed E-state index contributed by atoms with van der Waals surface area (Å²) in [6, 6.07) is 14.4. The Kier molecular flexibility index (Phi) is 5.93. The van der Waals surface area contributed by atoms with Crippen LogP contribution in [0.2, 0.25) is 0 Å². The number of aryl methyl sites for hydroxylation is 1. The molecule has 3 N–H and O–H groups in total. The first-order chi connectivity index (χ1) is 13.5. The quantitative estimate of drug-likeness (QED) is 0.745. The first kappa shape index (κ1) is 19.4. The van der Waals surface area contributed by atoms with Crippen LogP contribution in [0.3, 0.4) is 0 Å². The van der Waals surface area contributed by atoms with Crippen LogP contribution in [0.4, 0.5) is 21.9 Å². The molecule has 1 heterocycles. The molecule has 0 aromatic heterocycles. The second-order valence-electron chi connectivity index (χ2n) is 6.70. The Hall–Kier alpha value is -3.35. The zero-order valence-electron chi connectivity index (χ0n) is 16.0. The Balaban J connectivity index is 1.60. The molecule has 146 valence electrons. The number of carbonyl (C=O) groups excluding carboxylic acids is 3. The molecule has 1 aliphatic rings. The van der Waals surface area contributed by atoms with Gasteiger partial charge >= 0.3 is 6.03 Å². The summed E-state index contributed by atoms with van der Waals surface area (Å²) in [6.45, 7) is 2.45. The molecule has 1 atom stereocenters. The summed E-state index contributed by atoms with van der Waals surface area (Å²) in [5.41, 5.74) is 3.27. The third-order valence-electron chi connectivity index (χ3n) is 4.79. The average Bonchev–Trinajstić information content (AvgIpc) is 3.11. The molecule has 7 heteroatoms. The van der Waals surface area contributed by atoms with E-state index in [1.165, 1.54) is 12.6 Å². The molecule has 2 aromatic rings. The van der Waals surface area contributed by atoms with Crippen LogP contribution in [0.25, 0.3) is 0 Å². The number of nitrogens with one attached hydrogen (secondary N) is 3. The van der Waals surface area contributed by atoms with Gasteiger partial charge in [0.2, 0.25) is 11.8 Å². The maximum atomic E-state index is 12.6. The van der Waals surface area contributed by atoms with E-state index >= 15 is 0 Å². The van der Waals surface area contributed by atoms with Crippen LogP contribution >= 0.6 is 0 Å². The molecule has 28 heavy (non-hydrogen) atoms. The van der Waals surface area contributed by atoms with Gasteiger partial charge in [-0.3, -0.25) is 9.59 Å². The number of rotatable bonds is 5. The highest BCUT2D eigenvalue weighted by molar-refractivity contribution is 6.03. The fourth-order valence-electron chi connectivity index (χ4n) is 3.12. The molecule has 4 amide bonds. The summed E-state index contributed by atoms with van der Waals surface area (Å²) < 4.78 is 0. The van der Waals surface area contributed by atoms with Crippen LogP contribution in [0, 0.1) is 5.92 Å². The minimum Gasteiger partial charge on any atom is -0.341 e. The number of benzene rings is 2. The first-order valence-electron chi connectivity index (χ1n) is 9.29. The summed E-state index contributed by atoms with van der Waals surface area (Å²) in [4.78, 5) is 37.9. The molecule has 0 radical (unpaired) electrons. The lowest BCUT2D eigenvalue weighted by Gasteiger charge is -2.17. The van der Waals surface area contributed by atoms with Gasteiger partial charge in [0, 0.05) is 37.1 Å². The Bertz CT molecular complexity index is 862. The van der Waals surface area contributed by atoms with Gasteiger partial charge in [-0.25, -0.2) is 4.79 Å². The lowest BCUT2D eigenvalue weighted by Crippen LogP contribution is -2.28. The second-order valence-corrected chi connectivity index (χ2v) is 6.70. The van der Waals surface area contributed by atoms with Crippen molar-refractivity contribution in [2.75, 3.05) is 29.1 Å². The number of urea groups is 1. The third-order valence-corrected chi connectivity index (χ3v) is 4.79. The SMILES string of the molecule is CCc1ccc(N2CC(C(=O)Nc3ccc(NC(=O)NC)cc3)CC2=O)cc1. The molecule has 1 unspecified atom stereocenters. The summed E-state index contributed by atoms with van der Waals surface area (Å²) in [5.74, 6) is -0.635. The molecular formula is C21H24N4O3. The highest BCUT2D eigenvalue weighted by Gasteiger charge is 2.35. The molecule has 1 saturated heterocycles. The highest BCUT2D eigenvalue weighted by Crippen LogP contribution is 2.26. The summed E-state index contributed by atoms with van der Waals surface area (Å²) >= 11 is 0. The largest absolute Gasteiger partial charge is 0.341 e. The van der Waals surface area contributed by atoms with Gasteiger partial charge in [0.1, 0.15) is 0 Å². The lowest BCUT2D eigenvalue weighted by molar-refractivity contribution is -0.122. The predicted molar refractivity (Wildman–Crippen MR) is 109 cm³/mol. The second kappa shape index (κ2) is 8.56. The maximum Gasteiger partial charge on any atom is 0.318 e. The fraction of sp³-hybridized carbons (Fsp3) is 0.286. The standard InChI is InChI=1S/C21H24N4O3/c1-3-14-4-10-18(11-5-14)25-13-15(12-19(25)26)20(27)23-16-6-8-17(9-7-16)24-21(28)22-2/h4-11,15H,3,12-13H2,1-2H3,(H,23,27)(H2,22,24,28). The molecule has 1 aliphatic heterocycles. The van der Waals surface area contributed by atoms with Gasteiger partial charge in [0.05, 0.1) is 5.92 Å². The fourth-order valence-corrected chi connectivity index (χ4v) is 3.12. The van der Waals surface area contributed by atoms with E-state index < -0.39 is 5.92 Å². The van der Waals surface area contributed by atoms with Crippen LogP contribution < -0.4 is 20.9 Å². The number of anilines is 3. The highest BCUT2D eigenvalue weighted by atomic mass is 16.2. The van der Waals surface area contributed by atoms with Crippen molar-refractivity contribution in [2.24, 2.45) is 5.92 Å². The maximum absolute atomic E-state index is 12.6. The van der Waals surface area contributed by atoms with E-state index in [1.807, 2.05) is 24.3 Å². The molecule has 0 aliphatic carbocycles. The Morgan fingerprint density at radius 3 is 2.18 bits per heavy atom. The lowest BCUT2D eigenvalue weighted by atomic mass is 10.1. The van der Waals surface area contributed by atoms with E-state index in [9.17, 15) is 14.4 Å². The van der Waals surface area contributed by atoms with Crippen LogP contribution in [0.15, 0.2) is 48.5 Å². The van der Waals surface area contributed by atoms with E-state index in [2.05, 4.69) is 22.9 Å². The normalized spacial score (nSPS) is 16.0. The molecule has 2 aromatic carbocycles. The van der Waals surface area contributed by atoms with Crippen LogP contribution in [0.1, 0.15) is 18.9 Å². The van der Waals surface area contributed by atoms with Crippen LogP contribution in [-0.4, -0.2) is 31.4 Å². The van der Waals surface area contributed by atoms with Gasteiger partial charge < -0.3 is 20.9 Å². The van der Waals surface area contributed by atoms with Crippen molar-refractivity contribution in [3.05, 3.63) is 54.1 Å². The van der Waals surface area contributed by atoms with Crippen molar-refractivity contribution in [1.82, 2.24) is 5.32 Å². The average molecular weight is 380 g/mol. The molecule has 7 nitrogen and oxygen atoms in total. The third kappa shape index (κ3) is 4.49. The molecule has 0 spiro atoms. The molecule has 3 rings (SSSR count). The topological polar surface area (TPSA) is 90.5 Å². The summed E-state index contributed by atoms with van der Waals surface area (Å²) in [5, 5.41) is 7.96. The van der Waals surface area contributed by atoms with Crippen molar-refractivity contribution in [3.63, 3.8) is 0 Å². The zero-order chi connectivity index (χ0) is 20.1. The van der Waals surface area contributed by atoms with Crippen molar-refractivity contribution < 1.29 is 14.4 Å². The smallest absolute Gasteiger partial charge is 0.318 e. The minimum atomic E-state index is -0.401. The van der Waals surface area contributed by atoms with E-state index in [-0.39, 0.29) is 24.3 Å². The van der Waals surface area contributed by atoms with Crippen molar-refractivity contribution in [2.45, 2.75) is 19.8 Å². The van der Waals surface area contributed by atoms with E-state index in [4.69, 9.17) is 0 Å². The van der Waals surface area contributed by atoms with Crippen molar-refractivity contribution in [3.8, 4) is 0 Å². The predicted octanol–water partition coefficient (Wildman–Crippen LogP) is 2.99. The number of hydrogen-bond donors (Lipinski definition) is 3. The Labute approximate surface area is 164 Å². The zero-order valence-corrected chi connectivity index (χ0v) is 16.0. The van der Waals surface area contributed by atoms with Gasteiger partial charge in [-0.15, -0.1) is 0 Å². The molecule has 0 bridgehead atoms. The van der Waals surface area contributed by atoms with E-state index in [1.54, 1.807) is 29.2 Å². The molecular weight excluding hydrogens is 356 g/mol. The van der Waals surface area contributed by atoms with Crippen LogP contribution in [-0.2, 0) is 16.0 Å². The minimum absolute atomic E-state index is 0.0467. The van der Waals surface area contributed by atoms with Gasteiger partial charge in [-0.05, 0) is 48.4 Å². The van der Waals surface area contributed by atoms with Gasteiger partial charge in [-0.2, -0.15) is 0 Å². The summed E-state index contributed by atoms with van der Waals surface area (Å²) in [6.07, 6.45) is 1.13.